The van der Waals surface area contributed by atoms with Crippen LogP contribution in [0.1, 0.15) is 12.8 Å². The zero-order chi connectivity index (χ0) is 16.1. The molecule has 1 aromatic rings. The minimum Gasteiger partial charge on any atom is -0.493 e. The van der Waals surface area contributed by atoms with E-state index in [2.05, 4.69) is 4.90 Å². The lowest BCUT2D eigenvalue weighted by atomic mass is 9.75. The number of rotatable bonds is 7. The fraction of sp³-hybridized carbons (Fsp3) is 0.667. The number of likely N-dealkylation sites (tertiary alicyclic amines) is 1. The predicted octanol–water partition coefficient (Wildman–Crippen LogP) is 1.79. The molecule has 2 atom stereocenters. The summed E-state index contributed by atoms with van der Waals surface area (Å²) in [4.78, 5) is 2.45. The van der Waals surface area contributed by atoms with E-state index >= 15 is 0 Å². The van der Waals surface area contributed by atoms with Gasteiger partial charge in [0.15, 0.2) is 11.5 Å². The Hall–Kier alpha value is -1.30. The molecule has 128 valence electrons. The van der Waals surface area contributed by atoms with Crippen molar-refractivity contribution in [2.75, 3.05) is 53.2 Å². The molecule has 5 heteroatoms. The van der Waals surface area contributed by atoms with Gasteiger partial charge in [-0.25, -0.2) is 0 Å². The highest BCUT2D eigenvalue weighted by Crippen LogP contribution is 2.41. The molecule has 3 rings (SSSR count). The van der Waals surface area contributed by atoms with Gasteiger partial charge in [0.1, 0.15) is 0 Å². The van der Waals surface area contributed by atoms with Crippen LogP contribution >= 0.6 is 0 Å². The van der Waals surface area contributed by atoms with Gasteiger partial charge in [-0.2, -0.15) is 0 Å². The van der Waals surface area contributed by atoms with E-state index in [0.29, 0.717) is 12.5 Å². The van der Waals surface area contributed by atoms with Gasteiger partial charge < -0.3 is 24.2 Å². The first-order chi connectivity index (χ1) is 11.3. The number of hydrogen-bond donors (Lipinski definition) is 1. The summed E-state index contributed by atoms with van der Waals surface area (Å²) in [5.74, 6) is 2.04. The lowest BCUT2D eigenvalue weighted by molar-refractivity contribution is -0.0416. The summed E-state index contributed by atoms with van der Waals surface area (Å²) in [5, 5.41) is 9.83. The van der Waals surface area contributed by atoms with E-state index in [0.717, 1.165) is 57.2 Å². The van der Waals surface area contributed by atoms with Gasteiger partial charge in [0.25, 0.3) is 0 Å². The minimum absolute atomic E-state index is 0.0573. The van der Waals surface area contributed by atoms with E-state index in [-0.39, 0.29) is 12.0 Å². The lowest BCUT2D eigenvalue weighted by Gasteiger charge is -2.36. The van der Waals surface area contributed by atoms with Crippen LogP contribution in [0.5, 0.6) is 11.5 Å². The number of hydrogen-bond acceptors (Lipinski definition) is 5. The van der Waals surface area contributed by atoms with Crippen molar-refractivity contribution in [3.8, 4) is 11.5 Å². The van der Waals surface area contributed by atoms with Gasteiger partial charge in [0.05, 0.1) is 26.9 Å². The van der Waals surface area contributed by atoms with Crippen LogP contribution in [0.25, 0.3) is 0 Å². The number of benzene rings is 1. The summed E-state index contributed by atoms with van der Waals surface area (Å²) in [6, 6.07) is 7.73. The van der Waals surface area contributed by atoms with Crippen LogP contribution < -0.4 is 9.47 Å². The van der Waals surface area contributed by atoms with Crippen LogP contribution in [0.15, 0.2) is 24.3 Å². The summed E-state index contributed by atoms with van der Waals surface area (Å²) < 4.78 is 16.7. The highest BCUT2D eigenvalue weighted by molar-refractivity contribution is 5.39. The zero-order valence-corrected chi connectivity index (χ0v) is 13.9. The third kappa shape index (κ3) is 3.62. The van der Waals surface area contributed by atoms with Gasteiger partial charge in [0, 0.05) is 37.6 Å². The smallest absolute Gasteiger partial charge is 0.161 e. The molecule has 2 fully saturated rings. The monoisotopic (exact) mass is 321 g/mol. The largest absolute Gasteiger partial charge is 0.493 e. The average molecular weight is 321 g/mol. The van der Waals surface area contributed by atoms with Crippen LogP contribution in [0.4, 0.5) is 0 Å². The number of methoxy groups -OCH3 is 1. The van der Waals surface area contributed by atoms with E-state index in [4.69, 9.17) is 14.2 Å². The molecule has 2 aliphatic rings. The van der Waals surface area contributed by atoms with Gasteiger partial charge >= 0.3 is 0 Å². The van der Waals surface area contributed by atoms with E-state index in [9.17, 15) is 5.11 Å². The Balaban J connectivity index is 1.45. The van der Waals surface area contributed by atoms with Crippen molar-refractivity contribution in [1.29, 1.82) is 0 Å². The number of fused-ring (bicyclic) bond motifs is 1. The van der Waals surface area contributed by atoms with Crippen LogP contribution in [0, 0.1) is 11.3 Å². The van der Waals surface area contributed by atoms with E-state index in [1.807, 2.05) is 24.3 Å². The maximum atomic E-state index is 9.83. The first-order valence-corrected chi connectivity index (χ1v) is 8.44. The molecule has 0 amide bonds. The van der Waals surface area contributed by atoms with Crippen LogP contribution in [-0.4, -0.2) is 63.2 Å². The van der Waals surface area contributed by atoms with E-state index < -0.39 is 0 Å². The Labute approximate surface area is 138 Å². The Kier molecular flexibility index (Phi) is 5.41. The topological polar surface area (TPSA) is 51.2 Å². The fourth-order valence-electron chi connectivity index (χ4n) is 3.79. The minimum atomic E-state index is 0.0573. The molecule has 0 aromatic heterocycles. The molecule has 0 spiro atoms. The quantitative estimate of drug-likeness (QED) is 0.776. The second kappa shape index (κ2) is 7.51. The lowest BCUT2D eigenvalue weighted by Crippen LogP contribution is -2.41. The predicted molar refractivity (Wildman–Crippen MR) is 88.0 cm³/mol. The Morgan fingerprint density at radius 3 is 2.91 bits per heavy atom. The summed E-state index contributed by atoms with van der Waals surface area (Å²) in [5.41, 5.74) is 0.0573. The van der Waals surface area contributed by atoms with Crippen molar-refractivity contribution in [2.45, 2.75) is 12.8 Å². The first kappa shape index (κ1) is 16.6. The maximum absolute atomic E-state index is 9.83. The van der Waals surface area contributed by atoms with Crippen molar-refractivity contribution >= 4 is 0 Å². The fourth-order valence-corrected chi connectivity index (χ4v) is 3.79. The van der Waals surface area contributed by atoms with E-state index in [1.54, 1.807) is 7.11 Å². The summed E-state index contributed by atoms with van der Waals surface area (Å²) >= 11 is 0. The molecule has 0 saturated carbocycles. The zero-order valence-electron chi connectivity index (χ0n) is 13.9. The molecule has 23 heavy (non-hydrogen) atoms. The molecular weight excluding hydrogens is 294 g/mol. The van der Waals surface area contributed by atoms with Gasteiger partial charge in [-0.15, -0.1) is 0 Å². The van der Waals surface area contributed by atoms with Crippen LogP contribution in [0.2, 0.25) is 0 Å². The molecule has 2 saturated heterocycles. The molecular formula is C18H27NO4. The van der Waals surface area contributed by atoms with Crippen molar-refractivity contribution in [3.05, 3.63) is 24.3 Å². The molecule has 0 unspecified atom stereocenters. The standard InChI is InChI=1S/C18H27NO4/c1-21-16-5-2-3-6-17(16)23-9-4-8-19-11-15-12-22-10-7-18(15,13-19)14-20/h2-3,5-6,15,20H,4,7-14H2,1H3/t15-,18-/m1/s1. The number of ether oxygens (including phenoxy) is 3. The molecule has 0 aliphatic carbocycles. The molecule has 0 radical (unpaired) electrons. The number of nitrogens with zero attached hydrogens (tertiary/aromatic N) is 1. The summed E-state index contributed by atoms with van der Waals surface area (Å²) in [7, 11) is 1.66. The Morgan fingerprint density at radius 2 is 2.17 bits per heavy atom. The van der Waals surface area contributed by atoms with Gasteiger partial charge in [-0.05, 0) is 25.0 Å². The molecule has 5 nitrogen and oxygen atoms in total. The highest BCUT2D eigenvalue weighted by Gasteiger charge is 2.47. The third-order valence-electron chi connectivity index (χ3n) is 5.21. The van der Waals surface area contributed by atoms with Crippen molar-refractivity contribution in [1.82, 2.24) is 4.90 Å². The van der Waals surface area contributed by atoms with Crippen molar-refractivity contribution < 1.29 is 19.3 Å². The SMILES string of the molecule is COc1ccccc1OCCCN1C[C@@H]2COCC[C@]2(CO)C1. The second-order valence-corrected chi connectivity index (χ2v) is 6.63. The Bertz CT molecular complexity index is 510. The second-order valence-electron chi connectivity index (χ2n) is 6.63. The van der Waals surface area contributed by atoms with Crippen LogP contribution in [-0.2, 0) is 4.74 Å². The Morgan fingerprint density at radius 1 is 1.35 bits per heavy atom. The van der Waals surface area contributed by atoms with Crippen molar-refractivity contribution in [3.63, 3.8) is 0 Å². The molecule has 2 aliphatic heterocycles. The summed E-state index contributed by atoms with van der Waals surface area (Å²) in [6.07, 6.45) is 1.94. The number of aliphatic hydroxyl groups is 1. The van der Waals surface area contributed by atoms with E-state index in [1.165, 1.54) is 0 Å². The van der Waals surface area contributed by atoms with Gasteiger partial charge in [-0.3, -0.25) is 0 Å². The van der Waals surface area contributed by atoms with Gasteiger partial charge in [0.2, 0.25) is 0 Å². The van der Waals surface area contributed by atoms with Gasteiger partial charge in [-0.1, -0.05) is 12.1 Å². The van der Waals surface area contributed by atoms with Crippen LogP contribution in [0.3, 0.4) is 0 Å². The number of aliphatic hydroxyl groups excluding tert-OH is 1. The average Bonchev–Trinajstić information content (AvgIpc) is 2.98. The number of para-hydroxylation sites is 2. The normalized spacial score (nSPS) is 27.7. The molecule has 1 aromatic carbocycles. The molecule has 1 N–H and O–H groups in total. The first-order valence-electron chi connectivity index (χ1n) is 8.44. The molecule has 0 bridgehead atoms. The maximum Gasteiger partial charge on any atom is 0.161 e. The van der Waals surface area contributed by atoms with Crippen molar-refractivity contribution in [2.24, 2.45) is 11.3 Å². The molecule has 2 heterocycles. The summed E-state index contributed by atoms with van der Waals surface area (Å²) in [6.45, 7) is 5.50. The third-order valence-corrected chi connectivity index (χ3v) is 5.21. The highest BCUT2D eigenvalue weighted by atomic mass is 16.5.